The third-order valence-corrected chi connectivity index (χ3v) is 3.98. The fourth-order valence-corrected chi connectivity index (χ4v) is 2.83. The summed E-state index contributed by atoms with van der Waals surface area (Å²) in [4.78, 5) is 13.8. The molecular weight excluding hydrogens is 313 g/mol. The molecule has 0 saturated carbocycles. The van der Waals surface area contributed by atoms with Crippen LogP contribution in [-0.2, 0) is 4.79 Å². The molecule has 4 nitrogen and oxygen atoms in total. The highest BCUT2D eigenvalue weighted by molar-refractivity contribution is 7.84. The molecule has 3 rings (SSSR count). The Labute approximate surface area is 138 Å². The van der Waals surface area contributed by atoms with Crippen molar-refractivity contribution in [2.24, 2.45) is 0 Å². The van der Waals surface area contributed by atoms with Gasteiger partial charge in [0.2, 0.25) is 0 Å². The van der Waals surface area contributed by atoms with Crippen LogP contribution < -0.4 is 10.2 Å². The molecule has 1 heterocycles. The lowest BCUT2D eigenvalue weighted by atomic mass is 10.1. The van der Waals surface area contributed by atoms with Gasteiger partial charge < -0.3 is 10.2 Å². The smallest absolute Gasteiger partial charge is 0.266 e. The Morgan fingerprint density at radius 1 is 1.13 bits per heavy atom. The van der Waals surface area contributed by atoms with Crippen LogP contribution in [-0.4, -0.2) is 5.91 Å². The Balaban J connectivity index is 2.15. The number of carbonyl (C=O) groups is 1. The SMILES string of the molecule is N#CC1=C(S)N(c2ccc(F)cc2)C(c2ccccc2)NC1=O. The number of nitrogens with one attached hydrogen (secondary N) is 1. The van der Waals surface area contributed by atoms with E-state index in [-0.39, 0.29) is 16.4 Å². The second-order valence-corrected chi connectivity index (χ2v) is 5.37. The Kier molecular flexibility index (Phi) is 4.04. The number of nitrogens with zero attached hydrogens (tertiary/aromatic N) is 2. The average molecular weight is 325 g/mol. The largest absolute Gasteiger partial charge is 0.327 e. The topological polar surface area (TPSA) is 56.1 Å². The van der Waals surface area contributed by atoms with Gasteiger partial charge in [-0.2, -0.15) is 5.26 Å². The molecule has 0 fully saturated rings. The van der Waals surface area contributed by atoms with E-state index in [2.05, 4.69) is 17.9 Å². The van der Waals surface area contributed by atoms with Gasteiger partial charge in [-0.25, -0.2) is 4.39 Å². The third-order valence-electron chi connectivity index (χ3n) is 3.54. The van der Waals surface area contributed by atoms with Crippen LogP contribution in [0.25, 0.3) is 0 Å². The molecule has 0 spiro atoms. The van der Waals surface area contributed by atoms with Crippen LogP contribution in [0.15, 0.2) is 65.2 Å². The van der Waals surface area contributed by atoms with Gasteiger partial charge in [-0.05, 0) is 29.8 Å². The Morgan fingerprint density at radius 3 is 2.39 bits per heavy atom. The monoisotopic (exact) mass is 325 g/mol. The minimum Gasteiger partial charge on any atom is -0.327 e. The lowest BCUT2D eigenvalue weighted by molar-refractivity contribution is -0.118. The van der Waals surface area contributed by atoms with Gasteiger partial charge in [0.25, 0.3) is 5.91 Å². The standard InChI is InChI=1S/C17H12FN3OS/c18-12-6-8-13(9-7-12)21-15(11-4-2-1-3-5-11)20-16(22)14(10-19)17(21)23/h1-9,15,23H,(H,20,22). The molecule has 0 radical (unpaired) electrons. The molecule has 6 heteroatoms. The van der Waals surface area contributed by atoms with Crippen molar-refractivity contribution in [1.82, 2.24) is 5.32 Å². The first-order valence-corrected chi connectivity index (χ1v) is 7.30. The summed E-state index contributed by atoms with van der Waals surface area (Å²) in [5.74, 6) is -0.846. The van der Waals surface area contributed by atoms with E-state index in [1.54, 1.807) is 17.0 Å². The molecule has 1 N–H and O–H groups in total. The van der Waals surface area contributed by atoms with E-state index in [9.17, 15) is 14.4 Å². The number of carbonyl (C=O) groups excluding carboxylic acids is 1. The summed E-state index contributed by atoms with van der Waals surface area (Å²) in [5.41, 5.74) is 1.37. The summed E-state index contributed by atoms with van der Waals surface area (Å²) in [7, 11) is 0. The number of halogens is 1. The summed E-state index contributed by atoms with van der Waals surface area (Å²) < 4.78 is 13.2. The zero-order valence-electron chi connectivity index (χ0n) is 11.9. The normalized spacial score (nSPS) is 17.7. The van der Waals surface area contributed by atoms with Crippen molar-refractivity contribution in [3.8, 4) is 6.07 Å². The minimum absolute atomic E-state index is 0.0789. The van der Waals surface area contributed by atoms with Crippen molar-refractivity contribution in [2.75, 3.05) is 4.90 Å². The Bertz CT molecular complexity index is 812. The highest BCUT2D eigenvalue weighted by Gasteiger charge is 2.33. The van der Waals surface area contributed by atoms with Gasteiger partial charge in [-0.3, -0.25) is 4.79 Å². The summed E-state index contributed by atoms with van der Waals surface area (Å²) in [6.07, 6.45) is -0.529. The fourth-order valence-electron chi connectivity index (χ4n) is 2.45. The minimum atomic E-state index is -0.529. The quantitative estimate of drug-likeness (QED) is 0.834. The number of hydrogen-bond acceptors (Lipinski definition) is 4. The fraction of sp³-hybridized carbons (Fsp3) is 0.0588. The van der Waals surface area contributed by atoms with Crippen LogP contribution in [0.4, 0.5) is 10.1 Å². The van der Waals surface area contributed by atoms with Crippen LogP contribution in [0.3, 0.4) is 0 Å². The number of hydrogen-bond donors (Lipinski definition) is 2. The molecular formula is C17H12FN3OS. The molecule has 114 valence electrons. The summed E-state index contributed by atoms with van der Waals surface area (Å²) in [6.45, 7) is 0. The molecule has 1 amide bonds. The summed E-state index contributed by atoms with van der Waals surface area (Å²) >= 11 is 4.37. The van der Waals surface area contributed by atoms with E-state index >= 15 is 0 Å². The van der Waals surface area contributed by atoms with E-state index in [0.29, 0.717) is 5.69 Å². The summed E-state index contributed by atoms with van der Waals surface area (Å²) in [6, 6.07) is 17.0. The molecule has 23 heavy (non-hydrogen) atoms. The Morgan fingerprint density at radius 2 is 1.78 bits per heavy atom. The molecule has 2 aromatic carbocycles. The van der Waals surface area contributed by atoms with Crippen LogP contribution in [0.1, 0.15) is 11.7 Å². The van der Waals surface area contributed by atoms with E-state index in [1.165, 1.54) is 12.1 Å². The lowest BCUT2D eigenvalue weighted by Crippen LogP contribution is -2.46. The highest BCUT2D eigenvalue weighted by atomic mass is 32.1. The second-order valence-electron chi connectivity index (χ2n) is 4.94. The van der Waals surface area contributed by atoms with Gasteiger partial charge >= 0.3 is 0 Å². The molecule has 2 aromatic rings. The zero-order valence-corrected chi connectivity index (χ0v) is 12.8. The van der Waals surface area contributed by atoms with Gasteiger partial charge in [0.05, 0.1) is 5.03 Å². The molecule has 0 saturated heterocycles. The predicted octanol–water partition coefficient (Wildman–Crippen LogP) is 3.13. The number of amides is 1. The number of nitriles is 1. The maximum absolute atomic E-state index is 13.2. The Hall–Kier alpha value is -2.78. The first-order valence-electron chi connectivity index (χ1n) is 6.86. The maximum atomic E-state index is 13.2. The number of anilines is 1. The van der Waals surface area contributed by atoms with E-state index < -0.39 is 12.1 Å². The zero-order chi connectivity index (χ0) is 16.4. The van der Waals surface area contributed by atoms with Crippen molar-refractivity contribution in [2.45, 2.75) is 6.17 Å². The van der Waals surface area contributed by atoms with E-state index in [4.69, 9.17) is 0 Å². The molecule has 0 aliphatic carbocycles. The molecule has 1 aliphatic heterocycles. The number of thiol groups is 1. The van der Waals surface area contributed by atoms with Gasteiger partial charge in [-0.15, -0.1) is 12.6 Å². The lowest BCUT2D eigenvalue weighted by Gasteiger charge is -2.38. The van der Waals surface area contributed by atoms with Crippen molar-refractivity contribution < 1.29 is 9.18 Å². The molecule has 1 unspecified atom stereocenters. The molecule has 1 atom stereocenters. The number of rotatable bonds is 2. The van der Waals surface area contributed by atoms with Crippen molar-refractivity contribution >= 4 is 24.2 Å². The van der Waals surface area contributed by atoms with Crippen LogP contribution >= 0.6 is 12.6 Å². The van der Waals surface area contributed by atoms with E-state index in [0.717, 1.165) is 5.56 Å². The molecule has 0 aromatic heterocycles. The van der Waals surface area contributed by atoms with Crippen molar-refractivity contribution in [3.63, 3.8) is 0 Å². The maximum Gasteiger partial charge on any atom is 0.266 e. The second kappa shape index (κ2) is 6.15. The van der Waals surface area contributed by atoms with Crippen LogP contribution in [0.5, 0.6) is 0 Å². The summed E-state index contributed by atoms with van der Waals surface area (Å²) in [5, 5.41) is 12.2. The molecule has 1 aliphatic rings. The first kappa shape index (κ1) is 15.1. The van der Waals surface area contributed by atoms with Gasteiger partial charge in [0.15, 0.2) is 0 Å². The van der Waals surface area contributed by atoms with Gasteiger partial charge in [0, 0.05) is 5.69 Å². The number of benzene rings is 2. The van der Waals surface area contributed by atoms with Crippen molar-refractivity contribution in [3.05, 3.63) is 76.6 Å². The predicted molar refractivity (Wildman–Crippen MR) is 87.8 cm³/mol. The highest BCUT2D eigenvalue weighted by Crippen LogP contribution is 2.35. The van der Waals surface area contributed by atoms with Gasteiger partial charge in [-0.1, -0.05) is 30.3 Å². The average Bonchev–Trinajstić information content (AvgIpc) is 2.57. The van der Waals surface area contributed by atoms with Crippen LogP contribution in [0, 0.1) is 17.1 Å². The molecule has 0 bridgehead atoms. The van der Waals surface area contributed by atoms with Gasteiger partial charge in [0.1, 0.15) is 23.6 Å². The third kappa shape index (κ3) is 2.79. The van der Waals surface area contributed by atoms with Crippen molar-refractivity contribution in [1.29, 1.82) is 5.26 Å². The van der Waals surface area contributed by atoms with Crippen LogP contribution in [0.2, 0.25) is 0 Å². The first-order chi connectivity index (χ1) is 11.1. The van der Waals surface area contributed by atoms with E-state index in [1.807, 2.05) is 36.4 Å².